The Kier molecular flexibility index (Phi) is 3.00. The van der Waals surface area contributed by atoms with E-state index in [9.17, 15) is 0 Å². The Labute approximate surface area is 89.0 Å². The van der Waals surface area contributed by atoms with E-state index in [2.05, 4.69) is 34.7 Å². The molecule has 2 heterocycles. The van der Waals surface area contributed by atoms with E-state index in [0.717, 1.165) is 13.2 Å². The molecule has 1 unspecified atom stereocenters. The Balaban J connectivity index is 2.08. The van der Waals surface area contributed by atoms with E-state index in [1.807, 2.05) is 0 Å². The molecular weight excluding hydrogens is 287 g/mol. The van der Waals surface area contributed by atoms with Crippen LogP contribution in [-0.4, -0.2) is 19.8 Å². The number of halogens is 1. The molecule has 2 nitrogen and oxygen atoms in total. The molecular formula is C8H9IO2S. The van der Waals surface area contributed by atoms with Crippen LogP contribution in [0.4, 0.5) is 0 Å². The van der Waals surface area contributed by atoms with Gasteiger partial charge in [-0.1, -0.05) is 0 Å². The van der Waals surface area contributed by atoms with Gasteiger partial charge in [-0.05, 0) is 34.7 Å². The molecule has 12 heavy (non-hydrogen) atoms. The lowest BCUT2D eigenvalue weighted by Gasteiger charge is -2.21. The molecule has 1 aliphatic rings. The van der Waals surface area contributed by atoms with E-state index < -0.39 is 0 Å². The third-order valence-electron chi connectivity index (χ3n) is 1.73. The second kappa shape index (κ2) is 4.04. The largest absolute Gasteiger partial charge is 0.376 e. The lowest BCUT2D eigenvalue weighted by Crippen LogP contribution is -2.21. The van der Waals surface area contributed by atoms with E-state index in [0.29, 0.717) is 6.61 Å². The standard InChI is InChI=1S/C8H9IO2S/c9-8-2-1-7(12-8)6-5-10-3-4-11-6/h1-2,6H,3-5H2. The minimum atomic E-state index is 0.173. The first-order chi connectivity index (χ1) is 5.86. The first-order valence-electron chi connectivity index (χ1n) is 3.81. The molecule has 0 radical (unpaired) electrons. The molecule has 1 atom stereocenters. The molecule has 1 aliphatic heterocycles. The van der Waals surface area contributed by atoms with Gasteiger partial charge in [0, 0.05) is 4.88 Å². The van der Waals surface area contributed by atoms with Gasteiger partial charge in [-0.15, -0.1) is 11.3 Å². The van der Waals surface area contributed by atoms with Gasteiger partial charge in [-0.3, -0.25) is 0 Å². The fourth-order valence-electron chi connectivity index (χ4n) is 1.15. The highest BCUT2D eigenvalue weighted by atomic mass is 127. The van der Waals surface area contributed by atoms with Crippen molar-refractivity contribution in [2.45, 2.75) is 6.10 Å². The third-order valence-corrected chi connectivity index (χ3v) is 3.71. The van der Waals surface area contributed by atoms with Crippen LogP contribution in [0.1, 0.15) is 11.0 Å². The van der Waals surface area contributed by atoms with Crippen molar-refractivity contribution in [3.63, 3.8) is 0 Å². The van der Waals surface area contributed by atoms with Crippen LogP contribution in [0.15, 0.2) is 12.1 Å². The summed E-state index contributed by atoms with van der Waals surface area (Å²) < 4.78 is 12.2. The van der Waals surface area contributed by atoms with Gasteiger partial charge in [0.15, 0.2) is 0 Å². The maximum Gasteiger partial charge on any atom is 0.115 e. The molecule has 0 amide bonds. The van der Waals surface area contributed by atoms with Crippen molar-refractivity contribution in [1.29, 1.82) is 0 Å². The van der Waals surface area contributed by atoms with Crippen LogP contribution >= 0.6 is 33.9 Å². The van der Waals surface area contributed by atoms with Gasteiger partial charge in [-0.25, -0.2) is 0 Å². The van der Waals surface area contributed by atoms with Gasteiger partial charge < -0.3 is 9.47 Å². The molecule has 1 aromatic rings. The van der Waals surface area contributed by atoms with Crippen molar-refractivity contribution in [2.75, 3.05) is 19.8 Å². The van der Waals surface area contributed by atoms with E-state index >= 15 is 0 Å². The predicted molar refractivity (Wildman–Crippen MR) is 56.5 cm³/mol. The lowest BCUT2D eigenvalue weighted by atomic mass is 10.3. The second-order valence-corrected chi connectivity index (χ2v) is 5.59. The van der Waals surface area contributed by atoms with Crippen LogP contribution in [0.25, 0.3) is 0 Å². The van der Waals surface area contributed by atoms with Gasteiger partial charge >= 0.3 is 0 Å². The maximum atomic E-state index is 5.56. The first-order valence-corrected chi connectivity index (χ1v) is 5.70. The molecule has 0 N–H and O–H groups in total. The van der Waals surface area contributed by atoms with E-state index in [4.69, 9.17) is 9.47 Å². The molecule has 1 aromatic heterocycles. The van der Waals surface area contributed by atoms with Gasteiger partial charge in [0.2, 0.25) is 0 Å². The Bertz CT molecular complexity index is 255. The van der Waals surface area contributed by atoms with Crippen molar-refractivity contribution in [3.8, 4) is 0 Å². The number of hydrogen-bond donors (Lipinski definition) is 0. The van der Waals surface area contributed by atoms with Gasteiger partial charge in [0.05, 0.1) is 22.7 Å². The Morgan fingerprint density at radius 1 is 1.42 bits per heavy atom. The summed E-state index contributed by atoms with van der Waals surface area (Å²) in [5.74, 6) is 0. The molecule has 0 spiro atoms. The summed E-state index contributed by atoms with van der Waals surface area (Å²) in [4.78, 5) is 1.28. The van der Waals surface area contributed by atoms with Crippen molar-refractivity contribution < 1.29 is 9.47 Å². The second-order valence-electron chi connectivity index (χ2n) is 2.58. The van der Waals surface area contributed by atoms with Crippen molar-refractivity contribution in [1.82, 2.24) is 0 Å². The van der Waals surface area contributed by atoms with Crippen LogP contribution in [0, 0.1) is 2.88 Å². The molecule has 0 aliphatic carbocycles. The summed E-state index contributed by atoms with van der Waals surface area (Å²) in [5, 5.41) is 0. The third kappa shape index (κ3) is 1.99. The van der Waals surface area contributed by atoms with Crippen LogP contribution in [0.3, 0.4) is 0 Å². The van der Waals surface area contributed by atoms with E-state index in [1.165, 1.54) is 7.76 Å². The van der Waals surface area contributed by atoms with Crippen LogP contribution in [-0.2, 0) is 9.47 Å². The van der Waals surface area contributed by atoms with Gasteiger partial charge in [0.1, 0.15) is 6.10 Å². The number of thiophene rings is 1. The highest BCUT2D eigenvalue weighted by molar-refractivity contribution is 14.1. The highest BCUT2D eigenvalue weighted by Gasteiger charge is 2.17. The minimum Gasteiger partial charge on any atom is -0.376 e. The molecule has 1 fully saturated rings. The highest BCUT2D eigenvalue weighted by Crippen LogP contribution is 2.28. The van der Waals surface area contributed by atoms with Gasteiger partial charge in [0.25, 0.3) is 0 Å². The summed E-state index contributed by atoms with van der Waals surface area (Å²) in [6.07, 6.45) is 0.173. The predicted octanol–water partition coefficient (Wildman–Crippen LogP) is 2.44. The Morgan fingerprint density at radius 3 is 2.92 bits per heavy atom. The quantitative estimate of drug-likeness (QED) is 0.741. The zero-order valence-corrected chi connectivity index (χ0v) is 9.43. The lowest BCUT2D eigenvalue weighted by molar-refractivity contribution is -0.0887. The molecule has 1 saturated heterocycles. The van der Waals surface area contributed by atoms with Crippen LogP contribution < -0.4 is 0 Å². The van der Waals surface area contributed by atoms with Crippen molar-refractivity contribution in [3.05, 3.63) is 19.9 Å². The SMILES string of the molecule is Ic1ccc(C2COCCO2)s1. The van der Waals surface area contributed by atoms with Crippen LogP contribution in [0.5, 0.6) is 0 Å². The normalized spacial score (nSPS) is 24.2. The number of hydrogen-bond acceptors (Lipinski definition) is 3. The summed E-state index contributed by atoms with van der Waals surface area (Å²) in [7, 11) is 0. The van der Waals surface area contributed by atoms with E-state index in [1.54, 1.807) is 11.3 Å². The monoisotopic (exact) mass is 296 g/mol. The number of ether oxygens (including phenoxy) is 2. The summed E-state index contributed by atoms with van der Waals surface area (Å²) in [6, 6.07) is 4.23. The molecule has 0 bridgehead atoms. The Hall–Kier alpha value is 0.350. The zero-order valence-electron chi connectivity index (χ0n) is 6.46. The molecule has 2 rings (SSSR count). The summed E-state index contributed by atoms with van der Waals surface area (Å²) >= 11 is 4.09. The molecule has 0 aromatic carbocycles. The smallest absolute Gasteiger partial charge is 0.115 e. The zero-order chi connectivity index (χ0) is 8.39. The average Bonchev–Trinajstić information content (AvgIpc) is 2.54. The van der Waals surface area contributed by atoms with Crippen molar-refractivity contribution in [2.24, 2.45) is 0 Å². The van der Waals surface area contributed by atoms with Crippen molar-refractivity contribution >= 4 is 33.9 Å². The fourth-order valence-corrected chi connectivity index (χ4v) is 2.86. The number of rotatable bonds is 1. The van der Waals surface area contributed by atoms with E-state index in [-0.39, 0.29) is 6.10 Å². The minimum absolute atomic E-state index is 0.173. The topological polar surface area (TPSA) is 18.5 Å². The fraction of sp³-hybridized carbons (Fsp3) is 0.500. The summed E-state index contributed by atoms with van der Waals surface area (Å²) in [6.45, 7) is 2.16. The molecule has 0 saturated carbocycles. The first kappa shape index (κ1) is 8.93. The van der Waals surface area contributed by atoms with Crippen LogP contribution in [0.2, 0.25) is 0 Å². The maximum absolute atomic E-state index is 5.56. The average molecular weight is 296 g/mol. The summed E-state index contributed by atoms with van der Waals surface area (Å²) in [5.41, 5.74) is 0. The molecule has 66 valence electrons. The Morgan fingerprint density at radius 2 is 2.33 bits per heavy atom. The van der Waals surface area contributed by atoms with Gasteiger partial charge in [-0.2, -0.15) is 0 Å². The molecule has 4 heteroatoms.